The molecule has 1 fully saturated rings. The third kappa shape index (κ3) is 6.25. The van der Waals surface area contributed by atoms with E-state index < -0.39 is 10.0 Å². The molecule has 0 saturated heterocycles. The Morgan fingerprint density at radius 2 is 1.71 bits per heavy atom. The van der Waals surface area contributed by atoms with Gasteiger partial charge < -0.3 is 5.32 Å². The molecule has 0 bridgehead atoms. The maximum Gasteiger partial charge on any atom is 0.242 e. The van der Waals surface area contributed by atoms with Gasteiger partial charge in [-0.2, -0.15) is 0 Å². The summed E-state index contributed by atoms with van der Waals surface area (Å²) < 4.78 is 41.6. The van der Waals surface area contributed by atoms with Crippen molar-refractivity contribution in [2.75, 3.05) is 0 Å². The minimum absolute atomic E-state index is 0.0671. The molecule has 35 heavy (non-hydrogen) atoms. The maximum atomic E-state index is 13.1. The second-order valence-electron chi connectivity index (χ2n) is 8.81. The van der Waals surface area contributed by atoms with E-state index in [2.05, 4.69) is 15.0 Å². The smallest absolute Gasteiger partial charge is 0.242 e. The van der Waals surface area contributed by atoms with E-state index in [0.29, 0.717) is 36.4 Å². The zero-order valence-corrected chi connectivity index (χ0v) is 20.8. The summed E-state index contributed by atoms with van der Waals surface area (Å²) in [6.07, 6.45) is 3.62. The molecular weight excluding hydrogens is 489 g/mol. The first-order valence-corrected chi connectivity index (χ1v) is 13.4. The number of hydrogen-bond acceptors (Lipinski definition) is 4. The lowest BCUT2D eigenvalue weighted by Gasteiger charge is -2.29. The van der Waals surface area contributed by atoms with Gasteiger partial charge in [0.05, 0.1) is 11.7 Å². The lowest BCUT2D eigenvalue weighted by atomic mass is 9.85. The molecule has 2 aromatic carbocycles. The Hall–Kier alpha value is -2.81. The van der Waals surface area contributed by atoms with Crippen molar-refractivity contribution in [1.29, 1.82) is 0 Å². The number of sulfonamides is 1. The van der Waals surface area contributed by atoms with Crippen LogP contribution in [0.3, 0.4) is 0 Å². The quantitative estimate of drug-likeness (QED) is 0.449. The zero-order chi connectivity index (χ0) is 25.0. The highest BCUT2D eigenvalue weighted by atomic mass is 35.5. The number of benzene rings is 2. The predicted octanol–water partition coefficient (Wildman–Crippen LogP) is 5.26. The van der Waals surface area contributed by atoms with Crippen molar-refractivity contribution in [2.45, 2.75) is 49.6 Å². The minimum Gasteiger partial charge on any atom is -0.349 e. The second-order valence-corrected chi connectivity index (χ2v) is 10.9. The molecule has 1 heterocycles. The summed E-state index contributed by atoms with van der Waals surface area (Å²) in [5, 5.41) is 3.52. The van der Waals surface area contributed by atoms with Gasteiger partial charge in [0.15, 0.2) is 0 Å². The summed E-state index contributed by atoms with van der Waals surface area (Å²) in [7, 11) is -3.74. The minimum atomic E-state index is -3.74. The molecule has 0 radical (unpaired) electrons. The number of amides is 1. The standard InChI is InChI=1S/C26H27ClFN3O3S/c1-17(18-6-10-20(28)11-7-18)30-26(32)19-8-12-21(13-9-19)31-35(33,34)22-14-15-25(29-16-22)23-4-2-3-5-24(23)27/h2-7,10-11,14-17,19,21,31H,8-9,12-13H2,1H3,(H,30,32)/t17-,19?,21?/m1/s1. The highest BCUT2D eigenvalue weighted by Gasteiger charge is 2.30. The van der Waals surface area contributed by atoms with Crippen LogP contribution >= 0.6 is 11.6 Å². The molecule has 1 amide bonds. The summed E-state index contributed by atoms with van der Waals surface area (Å²) in [5.74, 6) is -0.571. The molecule has 0 aliphatic heterocycles. The van der Waals surface area contributed by atoms with Crippen LogP contribution in [-0.4, -0.2) is 25.4 Å². The molecule has 184 valence electrons. The van der Waals surface area contributed by atoms with Gasteiger partial charge in [0.1, 0.15) is 10.7 Å². The third-order valence-electron chi connectivity index (χ3n) is 6.35. The number of nitrogens with one attached hydrogen (secondary N) is 2. The number of hydrogen-bond donors (Lipinski definition) is 2. The van der Waals surface area contributed by atoms with Crippen LogP contribution in [0.4, 0.5) is 4.39 Å². The van der Waals surface area contributed by atoms with Crippen LogP contribution in [0.1, 0.15) is 44.2 Å². The molecule has 1 atom stereocenters. The molecule has 3 aromatic rings. The normalized spacial score (nSPS) is 19.2. The van der Waals surface area contributed by atoms with Gasteiger partial charge in [-0.05, 0) is 68.5 Å². The topological polar surface area (TPSA) is 88.2 Å². The fourth-order valence-corrected chi connectivity index (χ4v) is 5.78. The Balaban J connectivity index is 1.31. The molecule has 1 saturated carbocycles. The molecule has 0 unspecified atom stereocenters. The fraction of sp³-hybridized carbons (Fsp3) is 0.308. The van der Waals surface area contributed by atoms with E-state index in [1.54, 1.807) is 24.3 Å². The Bertz CT molecular complexity index is 1280. The largest absolute Gasteiger partial charge is 0.349 e. The maximum absolute atomic E-state index is 13.1. The van der Waals surface area contributed by atoms with E-state index in [0.717, 1.165) is 11.1 Å². The number of carbonyl (C=O) groups excluding carboxylic acids is 1. The zero-order valence-electron chi connectivity index (χ0n) is 19.2. The van der Waals surface area contributed by atoms with Crippen molar-refractivity contribution in [2.24, 2.45) is 5.92 Å². The first-order chi connectivity index (χ1) is 16.7. The third-order valence-corrected chi connectivity index (χ3v) is 8.18. The van der Waals surface area contributed by atoms with Gasteiger partial charge in [-0.1, -0.05) is 41.9 Å². The number of aromatic nitrogens is 1. The molecule has 1 aliphatic carbocycles. The predicted molar refractivity (Wildman–Crippen MR) is 134 cm³/mol. The van der Waals surface area contributed by atoms with Crippen molar-refractivity contribution >= 4 is 27.5 Å². The van der Waals surface area contributed by atoms with Crippen molar-refractivity contribution in [3.63, 3.8) is 0 Å². The van der Waals surface area contributed by atoms with Crippen LogP contribution in [0.25, 0.3) is 11.3 Å². The van der Waals surface area contributed by atoms with Gasteiger partial charge in [-0.3, -0.25) is 9.78 Å². The van der Waals surface area contributed by atoms with Gasteiger partial charge in [0, 0.05) is 28.7 Å². The molecule has 2 N–H and O–H groups in total. The summed E-state index contributed by atoms with van der Waals surface area (Å²) in [4.78, 5) is 17.1. The van der Waals surface area contributed by atoms with Crippen molar-refractivity contribution in [1.82, 2.24) is 15.0 Å². The highest BCUT2D eigenvalue weighted by molar-refractivity contribution is 7.89. The molecule has 1 aromatic heterocycles. The van der Waals surface area contributed by atoms with E-state index in [9.17, 15) is 17.6 Å². The summed E-state index contributed by atoms with van der Waals surface area (Å²) in [6, 6.07) is 16.0. The van der Waals surface area contributed by atoms with Gasteiger partial charge >= 0.3 is 0 Å². The van der Waals surface area contributed by atoms with Gasteiger partial charge in [0.2, 0.25) is 15.9 Å². The van der Waals surface area contributed by atoms with E-state index in [-0.39, 0.29) is 34.6 Å². The van der Waals surface area contributed by atoms with E-state index in [1.807, 2.05) is 25.1 Å². The number of carbonyl (C=O) groups is 1. The van der Waals surface area contributed by atoms with Gasteiger partial charge in [-0.25, -0.2) is 17.5 Å². The van der Waals surface area contributed by atoms with E-state index in [1.165, 1.54) is 24.4 Å². The van der Waals surface area contributed by atoms with Crippen LogP contribution in [0.2, 0.25) is 5.02 Å². The van der Waals surface area contributed by atoms with Crippen molar-refractivity contribution in [3.8, 4) is 11.3 Å². The Morgan fingerprint density at radius 1 is 1.03 bits per heavy atom. The van der Waals surface area contributed by atoms with Crippen LogP contribution < -0.4 is 10.0 Å². The van der Waals surface area contributed by atoms with Crippen LogP contribution in [0.5, 0.6) is 0 Å². The molecular formula is C26H27ClFN3O3S. The van der Waals surface area contributed by atoms with Gasteiger partial charge in [-0.15, -0.1) is 0 Å². The summed E-state index contributed by atoms with van der Waals surface area (Å²) >= 11 is 6.20. The molecule has 0 spiro atoms. The number of pyridine rings is 1. The van der Waals surface area contributed by atoms with Crippen molar-refractivity contribution < 1.29 is 17.6 Å². The number of halogens is 2. The molecule has 9 heteroatoms. The summed E-state index contributed by atoms with van der Waals surface area (Å²) in [5.41, 5.74) is 2.16. The number of nitrogens with zero attached hydrogens (tertiary/aromatic N) is 1. The first-order valence-electron chi connectivity index (χ1n) is 11.5. The monoisotopic (exact) mass is 515 g/mol. The lowest BCUT2D eigenvalue weighted by Crippen LogP contribution is -2.41. The summed E-state index contributed by atoms with van der Waals surface area (Å²) in [6.45, 7) is 1.86. The average Bonchev–Trinajstić information content (AvgIpc) is 2.85. The second kappa shape index (κ2) is 10.8. The molecule has 4 rings (SSSR count). The number of rotatable bonds is 7. The molecule has 6 nitrogen and oxygen atoms in total. The average molecular weight is 516 g/mol. The van der Waals surface area contributed by atoms with E-state index in [4.69, 9.17) is 11.6 Å². The Morgan fingerprint density at radius 3 is 2.34 bits per heavy atom. The van der Waals surface area contributed by atoms with Gasteiger partial charge in [0.25, 0.3) is 0 Å². The van der Waals surface area contributed by atoms with Crippen LogP contribution in [0, 0.1) is 11.7 Å². The van der Waals surface area contributed by atoms with Crippen molar-refractivity contribution in [3.05, 3.63) is 83.3 Å². The Kier molecular flexibility index (Phi) is 7.84. The Labute approximate surface area is 210 Å². The fourth-order valence-electron chi connectivity index (χ4n) is 4.29. The highest BCUT2D eigenvalue weighted by Crippen LogP contribution is 2.28. The molecule has 1 aliphatic rings. The SMILES string of the molecule is C[C@@H](NC(=O)C1CCC(NS(=O)(=O)c2ccc(-c3ccccc3Cl)nc2)CC1)c1ccc(F)cc1. The first kappa shape index (κ1) is 25.3. The lowest BCUT2D eigenvalue weighted by molar-refractivity contribution is -0.126. The van der Waals surface area contributed by atoms with Crippen LogP contribution in [-0.2, 0) is 14.8 Å². The van der Waals surface area contributed by atoms with E-state index >= 15 is 0 Å². The van der Waals surface area contributed by atoms with Crippen LogP contribution in [0.15, 0.2) is 71.8 Å².